The number of aliphatic imine (C=N–C) groups is 1. The zero-order chi connectivity index (χ0) is 11.8. The van der Waals surface area contributed by atoms with Gasteiger partial charge in [-0.15, -0.1) is 0 Å². The molecule has 0 rings (SSSR count). The van der Waals surface area contributed by atoms with Gasteiger partial charge < -0.3 is 16.6 Å². The average molecular weight is 213 g/mol. The van der Waals surface area contributed by atoms with Crippen molar-refractivity contribution >= 4 is 11.8 Å². The number of aliphatic carboxylic acids is 1. The fourth-order valence-corrected chi connectivity index (χ4v) is 0.940. The van der Waals surface area contributed by atoms with Gasteiger partial charge in [-0.3, -0.25) is 9.79 Å². The number of carbonyl (C=O) groups is 1. The van der Waals surface area contributed by atoms with Crippen LogP contribution in [0.5, 0.6) is 0 Å². The molecule has 0 heterocycles. The summed E-state index contributed by atoms with van der Waals surface area (Å²) in [5, 5.41) is 8.55. The number of carboxylic acid groups (broad SMARTS) is 1. The molecule has 0 radical (unpaired) electrons. The Labute approximate surface area is 89.9 Å². The van der Waals surface area contributed by atoms with Crippen LogP contribution in [0, 0.1) is 0 Å². The number of nitrogens with two attached hydrogens (primary N) is 2. The second-order valence-electron chi connectivity index (χ2n) is 3.50. The van der Waals surface area contributed by atoms with Crippen LogP contribution in [0.1, 0.15) is 26.7 Å². The predicted octanol–water partition coefficient (Wildman–Crippen LogP) is 0.502. The summed E-state index contributed by atoms with van der Waals surface area (Å²) in [5.41, 5.74) is 11.8. The fourth-order valence-electron chi connectivity index (χ4n) is 0.940. The zero-order valence-corrected chi connectivity index (χ0v) is 9.23. The minimum Gasteiger partial charge on any atom is -0.480 e. The Morgan fingerprint density at radius 3 is 2.60 bits per heavy atom. The predicted molar refractivity (Wildman–Crippen MR) is 60.8 cm³/mol. The van der Waals surface area contributed by atoms with Gasteiger partial charge in [0.1, 0.15) is 6.04 Å². The Bertz CT molecular complexity index is 268. The van der Waals surface area contributed by atoms with Gasteiger partial charge in [-0.25, -0.2) is 0 Å². The maximum Gasteiger partial charge on any atom is 0.320 e. The van der Waals surface area contributed by atoms with Crippen molar-refractivity contribution < 1.29 is 9.90 Å². The summed E-state index contributed by atoms with van der Waals surface area (Å²) in [6.07, 6.45) is 2.97. The summed E-state index contributed by atoms with van der Waals surface area (Å²) in [5.74, 6) is -0.417. The summed E-state index contributed by atoms with van der Waals surface area (Å²) in [7, 11) is 0. The highest BCUT2D eigenvalue weighted by Crippen LogP contribution is 2.03. The van der Waals surface area contributed by atoms with Crippen LogP contribution < -0.4 is 11.5 Å². The van der Waals surface area contributed by atoms with E-state index in [1.54, 1.807) is 6.92 Å². The van der Waals surface area contributed by atoms with E-state index in [1.165, 1.54) is 0 Å². The van der Waals surface area contributed by atoms with Crippen LogP contribution in [0.3, 0.4) is 0 Å². The van der Waals surface area contributed by atoms with Gasteiger partial charge in [0.05, 0.1) is 5.84 Å². The molecule has 15 heavy (non-hydrogen) atoms. The van der Waals surface area contributed by atoms with E-state index in [0.29, 0.717) is 18.8 Å². The van der Waals surface area contributed by atoms with E-state index in [4.69, 9.17) is 16.6 Å². The normalized spacial score (nSPS) is 15.1. The Morgan fingerprint density at radius 2 is 2.13 bits per heavy atom. The van der Waals surface area contributed by atoms with Crippen molar-refractivity contribution in [3.05, 3.63) is 11.6 Å². The minimum absolute atomic E-state index is 0.354. The van der Waals surface area contributed by atoms with Crippen molar-refractivity contribution in [2.75, 3.05) is 6.54 Å². The zero-order valence-electron chi connectivity index (χ0n) is 9.23. The largest absolute Gasteiger partial charge is 0.480 e. The van der Waals surface area contributed by atoms with E-state index in [1.807, 2.05) is 13.0 Å². The molecule has 0 saturated heterocycles. The summed E-state index contributed by atoms with van der Waals surface area (Å²) in [6, 6.07) is -0.820. The van der Waals surface area contributed by atoms with Gasteiger partial charge in [0, 0.05) is 6.54 Å². The molecule has 0 aliphatic rings. The standard InChI is InChI=1S/C10H19N3O2/c1-7(5-6-13-8(2)11)3-4-9(12)10(14)15/h3,9H,4-6,12H2,1-2H3,(H2,11,13)(H,14,15)/b7-3+/t9-/m0/s1. The molecule has 0 aromatic heterocycles. The van der Waals surface area contributed by atoms with E-state index in [2.05, 4.69) is 4.99 Å². The minimum atomic E-state index is -0.977. The van der Waals surface area contributed by atoms with Crippen LogP contribution >= 0.6 is 0 Å². The van der Waals surface area contributed by atoms with Gasteiger partial charge in [0.15, 0.2) is 0 Å². The van der Waals surface area contributed by atoms with E-state index in [0.717, 1.165) is 12.0 Å². The molecule has 5 N–H and O–H groups in total. The summed E-state index contributed by atoms with van der Waals surface area (Å²) >= 11 is 0. The number of hydrogen-bond donors (Lipinski definition) is 3. The third-order valence-electron chi connectivity index (χ3n) is 1.90. The summed E-state index contributed by atoms with van der Waals surface area (Å²) < 4.78 is 0. The first-order valence-electron chi connectivity index (χ1n) is 4.84. The van der Waals surface area contributed by atoms with E-state index < -0.39 is 12.0 Å². The summed E-state index contributed by atoms with van der Waals surface area (Å²) in [4.78, 5) is 14.5. The second-order valence-corrected chi connectivity index (χ2v) is 3.50. The lowest BCUT2D eigenvalue weighted by Gasteiger charge is -2.03. The van der Waals surface area contributed by atoms with Crippen molar-refractivity contribution in [2.45, 2.75) is 32.7 Å². The van der Waals surface area contributed by atoms with Crippen molar-refractivity contribution in [3.63, 3.8) is 0 Å². The van der Waals surface area contributed by atoms with Crippen LogP contribution in [0.25, 0.3) is 0 Å². The number of nitrogens with zero attached hydrogens (tertiary/aromatic N) is 1. The summed E-state index contributed by atoms with van der Waals surface area (Å²) in [6.45, 7) is 4.29. The van der Waals surface area contributed by atoms with Crippen LogP contribution in [0.2, 0.25) is 0 Å². The molecule has 0 unspecified atom stereocenters. The lowest BCUT2D eigenvalue weighted by Crippen LogP contribution is -2.29. The van der Waals surface area contributed by atoms with Crippen LogP contribution in [-0.2, 0) is 4.79 Å². The number of hydrogen-bond acceptors (Lipinski definition) is 3. The molecule has 0 fully saturated rings. The van der Waals surface area contributed by atoms with Gasteiger partial charge in [-0.05, 0) is 26.7 Å². The maximum atomic E-state index is 10.4. The van der Waals surface area contributed by atoms with Crippen LogP contribution in [-0.4, -0.2) is 29.5 Å². The third kappa shape index (κ3) is 7.69. The molecule has 0 aromatic rings. The molecular formula is C10H19N3O2. The van der Waals surface area contributed by atoms with Crippen molar-refractivity contribution in [3.8, 4) is 0 Å². The second kappa shape index (κ2) is 7.00. The third-order valence-corrected chi connectivity index (χ3v) is 1.90. The lowest BCUT2D eigenvalue weighted by atomic mass is 10.1. The van der Waals surface area contributed by atoms with Gasteiger partial charge in [0.2, 0.25) is 0 Å². The Balaban J connectivity index is 3.89. The van der Waals surface area contributed by atoms with Crippen LogP contribution in [0.4, 0.5) is 0 Å². The molecule has 5 heteroatoms. The first kappa shape index (κ1) is 13.6. The molecule has 0 amide bonds. The molecule has 0 aliphatic carbocycles. The molecule has 0 aromatic carbocycles. The Kier molecular flexibility index (Phi) is 6.37. The first-order valence-corrected chi connectivity index (χ1v) is 4.84. The van der Waals surface area contributed by atoms with Gasteiger partial charge in [-0.2, -0.15) is 0 Å². The van der Waals surface area contributed by atoms with Gasteiger partial charge in [-0.1, -0.05) is 11.6 Å². The lowest BCUT2D eigenvalue weighted by molar-refractivity contribution is -0.138. The molecule has 0 bridgehead atoms. The molecular weight excluding hydrogens is 194 g/mol. The molecule has 5 nitrogen and oxygen atoms in total. The topological polar surface area (TPSA) is 102 Å². The van der Waals surface area contributed by atoms with E-state index >= 15 is 0 Å². The van der Waals surface area contributed by atoms with E-state index in [-0.39, 0.29) is 0 Å². The smallest absolute Gasteiger partial charge is 0.320 e. The molecule has 0 aliphatic heterocycles. The van der Waals surface area contributed by atoms with Crippen molar-refractivity contribution in [2.24, 2.45) is 16.5 Å². The monoisotopic (exact) mass is 213 g/mol. The Hall–Kier alpha value is -1.36. The number of rotatable bonds is 6. The number of carboxylic acids is 1. The average Bonchev–Trinajstić information content (AvgIpc) is 2.13. The highest BCUT2D eigenvalue weighted by molar-refractivity contribution is 5.77. The highest BCUT2D eigenvalue weighted by atomic mass is 16.4. The van der Waals surface area contributed by atoms with Gasteiger partial charge in [0.25, 0.3) is 0 Å². The molecule has 0 saturated carbocycles. The Morgan fingerprint density at radius 1 is 1.53 bits per heavy atom. The fraction of sp³-hybridized carbons (Fsp3) is 0.600. The molecule has 0 spiro atoms. The van der Waals surface area contributed by atoms with E-state index in [9.17, 15) is 4.79 Å². The van der Waals surface area contributed by atoms with Gasteiger partial charge >= 0.3 is 5.97 Å². The first-order chi connectivity index (χ1) is 6.93. The number of amidine groups is 1. The quantitative estimate of drug-likeness (QED) is 0.339. The SMILES string of the molecule is CC(N)=NCC/C(C)=C/C[C@H](N)C(=O)O. The van der Waals surface area contributed by atoms with Crippen molar-refractivity contribution in [1.82, 2.24) is 0 Å². The molecule has 1 atom stereocenters. The highest BCUT2D eigenvalue weighted by Gasteiger charge is 2.08. The molecule has 86 valence electrons. The van der Waals surface area contributed by atoms with Crippen molar-refractivity contribution in [1.29, 1.82) is 0 Å². The maximum absolute atomic E-state index is 10.4. The van der Waals surface area contributed by atoms with Crippen LogP contribution in [0.15, 0.2) is 16.6 Å².